The zero-order valence-electron chi connectivity index (χ0n) is 16.8. The molecule has 166 valence electrons. The van der Waals surface area contributed by atoms with E-state index in [4.69, 9.17) is 0 Å². The molecule has 0 aliphatic carbocycles. The molecule has 0 atom stereocenters. The van der Waals surface area contributed by atoms with Crippen LogP contribution in [0.4, 0.5) is 14.9 Å². The number of nitrogens with one attached hydrogen (secondary N) is 2. The maximum Gasteiger partial charge on any atom is 0.326 e. The molecule has 1 saturated heterocycles. The number of nitrogens with zero attached hydrogens (tertiary/aromatic N) is 4. The maximum atomic E-state index is 15.3. The standard InChI is InChI=1S/C18H21FN6O5S/c1-10-12(7-21-23(10)2)6-20-18(28)24-4-3-11-5-14(26)17(16(19)13(11)8-24)25-9-15(27)22-31(25,29)30/h5,7,26H,3-4,6,8-9H2,1-2H3,(H,20,28)(H,22,27). The van der Waals surface area contributed by atoms with E-state index in [1.165, 1.54) is 11.0 Å². The number of aryl methyl sites for hydroxylation is 1. The second-order valence-electron chi connectivity index (χ2n) is 7.44. The lowest BCUT2D eigenvalue weighted by molar-refractivity contribution is -0.117. The van der Waals surface area contributed by atoms with Crippen LogP contribution < -0.4 is 14.3 Å². The molecule has 0 bridgehead atoms. The van der Waals surface area contributed by atoms with Crippen LogP contribution in [0.15, 0.2) is 12.3 Å². The van der Waals surface area contributed by atoms with Crippen LogP contribution in [0.25, 0.3) is 0 Å². The van der Waals surface area contributed by atoms with Gasteiger partial charge in [-0.25, -0.2) is 18.2 Å². The first-order valence-electron chi connectivity index (χ1n) is 9.45. The Kier molecular flexibility index (Phi) is 5.00. The fourth-order valence-corrected chi connectivity index (χ4v) is 4.86. The molecule has 4 rings (SSSR count). The van der Waals surface area contributed by atoms with Crippen LogP contribution in [0.2, 0.25) is 0 Å². The van der Waals surface area contributed by atoms with Gasteiger partial charge in [0.15, 0.2) is 5.82 Å². The number of anilines is 1. The Morgan fingerprint density at radius 1 is 1.39 bits per heavy atom. The molecule has 3 heterocycles. The van der Waals surface area contributed by atoms with Gasteiger partial charge in [-0.15, -0.1) is 0 Å². The predicted octanol–water partition coefficient (Wildman–Crippen LogP) is 0.0221. The van der Waals surface area contributed by atoms with Crippen molar-refractivity contribution in [2.24, 2.45) is 7.05 Å². The van der Waals surface area contributed by atoms with E-state index in [1.807, 2.05) is 6.92 Å². The highest BCUT2D eigenvalue weighted by Crippen LogP contribution is 2.39. The number of hydrogen-bond donors (Lipinski definition) is 3. The number of benzene rings is 1. The van der Waals surface area contributed by atoms with Crippen LogP contribution >= 0.6 is 0 Å². The monoisotopic (exact) mass is 452 g/mol. The van der Waals surface area contributed by atoms with Gasteiger partial charge in [0.25, 0.3) is 5.91 Å². The predicted molar refractivity (Wildman–Crippen MR) is 107 cm³/mol. The van der Waals surface area contributed by atoms with Crippen LogP contribution in [-0.4, -0.2) is 53.2 Å². The van der Waals surface area contributed by atoms with Gasteiger partial charge in [0.1, 0.15) is 18.0 Å². The number of halogens is 1. The molecule has 2 aliphatic rings. The summed E-state index contributed by atoms with van der Waals surface area (Å²) < 4.78 is 43.4. The molecular formula is C18H21FN6O5S. The lowest BCUT2D eigenvalue weighted by Gasteiger charge is -2.30. The van der Waals surface area contributed by atoms with Crippen molar-refractivity contribution in [2.45, 2.75) is 26.4 Å². The number of urea groups is 1. The topological polar surface area (TPSA) is 137 Å². The Morgan fingerprint density at radius 3 is 2.74 bits per heavy atom. The van der Waals surface area contributed by atoms with E-state index in [9.17, 15) is 23.1 Å². The van der Waals surface area contributed by atoms with Gasteiger partial charge in [0.05, 0.1) is 12.7 Å². The van der Waals surface area contributed by atoms with Crippen LogP contribution in [-0.2, 0) is 41.6 Å². The highest BCUT2D eigenvalue weighted by Gasteiger charge is 2.39. The average molecular weight is 452 g/mol. The average Bonchev–Trinajstić information content (AvgIpc) is 3.16. The summed E-state index contributed by atoms with van der Waals surface area (Å²) in [6.45, 7) is 1.68. The number of aromatic nitrogens is 2. The molecule has 1 aromatic carbocycles. The number of phenolic OH excluding ortho intramolecular Hbond substituents is 1. The van der Waals surface area contributed by atoms with Gasteiger partial charge in [-0.05, 0) is 25.0 Å². The van der Waals surface area contributed by atoms with Gasteiger partial charge in [-0.1, -0.05) is 0 Å². The summed E-state index contributed by atoms with van der Waals surface area (Å²) in [5.41, 5.74) is 1.72. The highest BCUT2D eigenvalue weighted by atomic mass is 32.2. The Labute approximate surface area is 177 Å². The van der Waals surface area contributed by atoms with Crippen molar-refractivity contribution in [3.8, 4) is 5.75 Å². The first-order chi connectivity index (χ1) is 14.6. The number of carbonyl (C=O) groups is 2. The maximum absolute atomic E-state index is 15.3. The normalized spacial score (nSPS) is 17.5. The molecule has 1 fully saturated rings. The number of carbonyl (C=O) groups excluding carboxylic acids is 2. The van der Waals surface area contributed by atoms with Gasteiger partial charge in [0, 0.05) is 37.0 Å². The molecule has 0 spiro atoms. The number of hydrogen-bond acceptors (Lipinski definition) is 6. The summed E-state index contributed by atoms with van der Waals surface area (Å²) in [5, 5.41) is 17.1. The van der Waals surface area contributed by atoms with E-state index in [0.717, 1.165) is 11.3 Å². The number of rotatable bonds is 3. The van der Waals surface area contributed by atoms with Gasteiger partial charge >= 0.3 is 16.2 Å². The third-order valence-electron chi connectivity index (χ3n) is 5.54. The van der Waals surface area contributed by atoms with Crippen molar-refractivity contribution >= 4 is 27.8 Å². The Morgan fingerprint density at radius 2 is 2.13 bits per heavy atom. The lowest BCUT2D eigenvalue weighted by Crippen LogP contribution is -2.43. The molecule has 3 amide bonds. The Hall–Kier alpha value is -3.35. The number of amides is 3. The molecule has 2 aromatic rings. The van der Waals surface area contributed by atoms with E-state index in [2.05, 4.69) is 10.4 Å². The van der Waals surface area contributed by atoms with Crippen molar-refractivity contribution in [3.05, 3.63) is 40.5 Å². The first-order valence-corrected chi connectivity index (χ1v) is 10.9. The summed E-state index contributed by atoms with van der Waals surface area (Å²) in [5.74, 6) is -2.39. The van der Waals surface area contributed by atoms with Gasteiger partial charge < -0.3 is 15.3 Å². The van der Waals surface area contributed by atoms with E-state index >= 15 is 4.39 Å². The number of fused-ring (bicyclic) bond motifs is 1. The number of phenols is 1. The smallest absolute Gasteiger partial charge is 0.326 e. The molecule has 3 N–H and O–H groups in total. The van der Waals surface area contributed by atoms with Crippen molar-refractivity contribution in [1.82, 2.24) is 24.7 Å². The summed E-state index contributed by atoms with van der Waals surface area (Å²) in [6.07, 6.45) is 1.94. The number of aromatic hydroxyl groups is 1. The van der Waals surface area contributed by atoms with Gasteiger partial charge in [0.2, 0.25) is 0 Å². The fourth-order valence-electron chi connectivity index (χ4n) is 3.69. The fraction of sp³-hybridized carbons (Fsp3) is 0.389. The zero-order valence-corrected chi connectivity index (χ0v) is 17.7. The lowest BCUT2D eigenvalue weighted by atomic mass is 9.97. The summed E-state index contributed by atoms with van der Waals surface area (Å²) in [4.78, 5) is 25.5. The van der Waals surface area contributed by atoms with Crippen LogP contribution in [0.3, 0.4) is 0 Å². The molecule has 0 unspecified atom stereocenters. The SMILES string of the molecule is Cc1c(CNC(=O)N2CCc3cc(O)c(N4CC(=O)NS4(=O)=O)c(F)c3C2)cnn1C. The summed E-state index contributed by atoms with van der Waals surface area (Å²) >= 11 is 0. The Bertz CT molecular complexity index is 1190. The molecule has 31 heavy (non-hydrogen) atoms. The largest absolute Gasteiger partial charge is 0.506 e. The van der Waals surface area contributed by atoms with Crippen molar-refractivity contribution in [1.29, 1.82) is 0 Å². The van der Waals surface area contributed by atoms with Crippen molar-refractivity contribution in [2.75, 3.05) is 17.4 Å². The van der Waals surface area contributed by atoms with E-state index in [1.54, 1.807) is 22.6 Å². The molecule has 1 aromatic heterocycles. The Balaban J connectivity index is 1.56. The second kappa shape index (κ2) is 7.41. The summed E-state index contributed by atoms with van der Waals surface area (Å²) in [6, 6.07) is 0.869. The molecular weight excluding hydrogens is 431 g/mol. The molecule has 0 saturated carbocycles. The van der Waals surface area contributed by atoms with Crippen LogP contribution in [0.5, 0.6) is 5.75 Å². The molecule has 11 nitrogen and oxygen atoms in total. The van der Waals surface area contributed by atoms with Gasteiger partial charge in [-0.2, -0.15) is 13.5 Å². The van der Waals surface area contributed by atoms with Crippen LogP contribution in [0, 0.1) is 12.7 Å². The van der Waals surface area contributed by atoms with E-state index in [-0.39, 0.29) is 25.1 Å². The third-order valence-corrected chi connectivity index (χ3v) is 6.92. The summed E-state index contributed by atoms with van der Waals surface area (Å²) in [7, 11) is -2.51. The zero-order chi connectivity index (χ0) is 22.5. The van der Waals surface area contributed by atoms with Crippen molar-refractivity contribution < 1.29 is 27.5 Å². The minimum Gasteiger partial charge on any atom is -0.506 e. The third kappa shape index (κ3) is 3.65. The minimum absolute atomic E-state index is 0.0984. The minimum atomic E-state index is -4.30. The van der Waals surface area contributed by atoms with Crippen LogP contribution in [0.1, 0.15) is 22.4 Å². The first kappa shape index (κ1) is 20.9. The quantitative estimate of drug-likeness (QED) is 0.601. The van der Waals surface area contributed by atoms with E-state index in [0.29, 0.717) is 16.4 Å². The van der Waals surface area contributed by atoms with E-state index < -0.39 is 45.9 Å². The second-order valence-corrected chi connectivity index (χ2v) is 9.04. The molecule has 13 heteroatoms. The van der Waals surface area contributed by atoms with Gasteiger partial charge in [-0.3, -0.25) is 9.48 Å². The molecule has 2 aliphatic heterocycles. The highest BCUT2D eigenvalue weighted by molar-refractivity contribution is 7.92. The molecule has 0 radical (unpaired) electrons. The van der Waals surface area contributed by atoms with Crippen molar-refractivity contribution in [3.63, 3.8) is 0 Å².